The van der Waals surface area contributed by atoms with Crippen LogP contribution in [0.4, 0.5) is 4.79 Å². The van der Waals surface area contributed by atoms with Gasteiger partial charge in [-0.25, -0.2) is 9.78 Å². The Morgan fingerprint density at radius 2 is 2.04 bits per heavy atom. The Morgan fingerprint density at radius 1 is 1.25 bits per heavy atom. The van der Waals surface area contributed by atoms with Crippen molar-refractivity contribution in [2.75, 3.05) is 13.1 Å². The van der Waals surface area contributed by atoms with Gasteiger partial charge in [0.25, 0.3) is 0 Å². The summed E-state index contributed by atoms with van der Waals surface area (Å²) in [6.07, 6.45) is 0.141. The number of nitrogens with one attached hydrogen (secondary N) is 2. The summed E-state index contributed by atoms with van der Waals surface area (Å²) in [5, 5.41) is 3.31. The van der Waals surface area contributed by atoms with Crippen LogP contribution in [-0.4, -0.2) is 29.2 Å². The van der Waals surface area contributed by atoms with Crippen molar-refractivity contribution in [1.82, 2.24) is 15.3 Å². The molecule has 1 aromatic heterocycles. The lowest BCUT2D eigenvalue weighted by Crippen LogP contribution is -2.16. The second kappa shape index (κ2) is 7.14. The Labute approximate surface area is 140 Å². The lowest BCUT2D eigenvalue weighted by atomic mass is 10.1. The van der Waals surface area contributed by atoms with Gasteiger partial charge in [-0.05, 0) is 37.2 Å². The summed E-state index contributed by atoms with van der Waals surface area (Å²) < 4.78 is 5.00. The predicted octanol–water partition coefficient (Wildman–Crippen LogP) is 2.84. The zero-order chi connectivity index (χ0) is 16.9. The molecule has 0 aliphatic rings. The van der Waals surface area contributed by atoms with Gasteiger partial charge in [0, 0.05) is 5.56 Å². The number of aromatic nitrogens is 2. The number of rotatable bonds is 6. The molecule has 0 bridgehead atoms. The highest BCUT2D eigenvalue weighted by Gasteiger charge is 2.11. The van der Waals surface area contributed by atoms with Gasteiger partial charge in [0.15, 0.2) is 5.75 Å². The third-order valence-electron chi connectivity index (χ3n) is 3.75. The highest BCUT2D eigenvalue weighted by molar-refractivity contribution is 5.87. The fourth-order valence-corrected chi connectivity index (χ4v) is 2.57. The highest BCUT2D eigenvalue weighted by atomic mass is 16.5. The fourth-order valence-electron chi connectivity index (χ4n) is 2.57. The summed E-state index contributed by atoms with van der Waals surface area (Å²) in [5.74, 6) is 1.08. The van der Waals surface area contributed by atoms with E-state index in [0.29, 0.717) is 11.3 Å². The maximum Gasteiger partial charge on any atom is 0.410 e. The Morgan fingerprint density at radius 3 is 2.75 bits per heavy atom. The minimum Gasteiger partial charge on any atom is -0.408 e. The van der Waals surface area contributed by atoms with Crippen molar-refractivity contribution >= 4 is 17.1 Å². The summed E-state index contributed by atoms with van der Waals surface area (Å²) >= 11 is 0. The van der Waals surface area contributed by atoms with Crippen molar-refractivity contribution in [3.8, 4) is 17.1 Å². The van der Waals surface area contributed by atoms with E-state index in [1.54, 1.807) is 12.1 Å². The first-order chi connectivity index (χ1) is 11.7. The Bertz CT molecular complexity index is 840. The number of H-pyrrole nitrogens is 1. The van der Waals surface area contributed by atoms with Crippen LogP contribution in [0.2, 0.25) is 0 Å². The predicted molar refractivity (Wildman–Crippen MR) is 94.0 cm³/mol. The monoisotopic (exact) mass is 324 g/mol. The molecule has 3 aromatic rings. The third-order valence-corrected chi connectivity index (χ3v) is 3.75. The molecule has 6 heteroatoms. The van der Waals surface area contributed by atoms with Crippen LogP contribution in [0.25, 0.3) is 22.4 Å². The Balaban J connectivity index is 1.85. The molecule has 0 aliphatic heterocycles. The SMILES string of the molecule is CCNCCc1ccc(-c2nc3c(OC(N)=O)cccc3[nH]2)cc1. The topological polar surface area (TPSA) is 93.0 Å². The van der Waals surface area contributed by atoms with Gasteiger partial charge in [0.05, 0.1) is 5.52 Å². The number of carbonyl (C=O) groups is 1. The van der Waals surface area contributed by atoms with Crippen LogP contribution in [-0.2, 0) is 6.42 Å². The van der Waals surface area contributed by atoms with Gasteiger partial charge >= 0.3 is 6.09 Å². The van der Waals surface area contributed by atoms with Crippen molar-refractivity contribution in [1.29, 1.82) is 0 Å². The van der Waals surface area contributed by atoms with Crippen LogP contribution in [0.3, 0.4) is 0 Å². The molecule has 0 atom stereocenters. The molecule has 0 radical (unpaired) electrons. The molecule has 0 spiro atoms. The van der Waals surface area contributed by atoms with E-state index in [9.17, 15) is 4.79 Å². The van der Waals surface area contributed by atoms with E-state index in [4.69, 9.17) is 10.5 Å². The number of hydrogen-bond donors (Lipinski definition) is 3. The van der Waals surface area contributed by atoms with Crippen LogP contribution < -0.4 is 15.8 Å². The minimum absolute atomic E-state index is 0.352. The maximum atomic E-state index is 11.0. The number of hydrogen-bond acceptors (Lipinski definition) is 4. The summed E-state index contributed by atoms with van der Waals surface area (Å²) in [6.45, 7) is 4.04. The molecule has 1 amide bonds. The second-order valence-electron chi connectivity index (χ2n) is 5.46. The van der Waals surface area contributed by atoms with Crippen LogP contribution in [0.1, 0.15) is 12.5 Å². The lowest BCUT2D eigenvalue weighted by molar-refractivity contribution is 0.211. The average molecular weight is 324 g/mol. The standard InChI is InChI=1S/C18H20N4O2/c1-2-20-11-10-12-6-8-13(9-7-12)17-21-14-4-3-5-15(16(14)22-17)24-18(19)23/h3-9,20H,2,10-11H2,1H3,(H2,19,23)(H,21,22). The third kappa shape index (κ3) is 3.55. The van der Waals surface area contributed by atoms with Gasteiger partial charge in [-0.2, -0.15) is 0 Å². The molecule has 0 saturated heterocycles. The number of primary amides is 1. The van der Waals surface area contributed by atoms with Gasteiger partial charge in [0.1, 0.15) is 11.3 Å². The summed E-state index contributed by atoms with van der Waals surface area (Å²) in [4.78, 5) is 18.8. The minimum atomic E-state index is -0.850. The number of benzene rings is 2. The molecule has 2 aromatic carbocycles. The van der Waals surface area contributed by atoms with Crippen LogP contribution >= 0.6 is 0 Å². The summed E-state index contributed by atoms with van der Waals surface area (Å²) in [7, 11) is 0. The smallest absolute Gasteiger partial charge is 0.408 e. The van der Waals surface area contributed by atoms with Crippen LogP contribution in [0.5, 0.6) is 5.75 Å². The lowest BCUT2D eigenvalue weighted by Gasteiger charge is -2.03. The fraction of sp³-hybridized carbons (Fsp3) is 0.222. The molecule has 0 saturated carbocycles. The molecule has 3 rings (SSSR count). The first kappa shape index (κ1) is 16.0. The van der Waals surface area contributed by atoms with Gasteiger partial charge in [-0.15, -0.1) is 0 Å². The van der Waals surface area contributed by atoms with Gasteiger partial charge < -0.3 is 20.8 Å². The average Bonchev–Trinajstić information content (AvgIpc) is 3.00. The summed E-state index contributed by atoms with van der Waals surface area (Å²) in [6, 6.07) is 13.6. The van der Waals surface area contributed by atoms with Gasteiger partial charge in [-0.3, -0.25) is 0 Å². The summed E-state index contributed by atoms with van der Waals surface area (Å²) in [5.41, 5.74) is 8.72. The molecule has 6 nitrogen and oxygen atoms in total. The first-order valence-corrected chi connectivity index (χ1v) is 7.93. The van der Waals surface area contributed by atoms with Gasteiger partial charge in [0.2, 0.25) is 0 Å². The highest BCUT2D eigenvalue weighted by Crippen LogP contribution is 2.27. The number of ether oxygens (including phenoxy) is 1. The Kier molecular flexibility index (Phi) is 4.77. The van der Waals surface area contributed by atoms with Crippen molar-refractivity contribution in [3.63, 3.8) is 0 Å². The van der Waals surface area contributed by atoms with E-state index in [2.05, 4.69) is 34.3 Å². The number of nitrogens with zero attached hydrogens (tertiary/aromatic N) is 1. The number of likely N-dealkylation sites (N-methyl/N-ethyl adjacent to an activating group) is 1. The number of nitrogens with two attached hydrogens (primary N) is 1. The van der Waals surface area contributed by atoms with E-state index >= 15 is 0 Å². The van der Waals surface area contributed by atoms with Gasteiger partial charge in [-0.1, -0.05) is 37.3 Å². The molecule has 124 valence electrons. The van der Waals surface area contributed by atoms with E-state index in [0.717, 1.165) is 36.4 Å². The quantitative estimate of drug-likeness (QED) is 0.608. The van der Waals surface area contributed by atoms with E-state index in [1.165, 1.54) is 5.56 Å². The number of para-hydroxylation sites is 1. The molecular formula is C18H20N4O2. The molecule has 24 heavy (non-hydrogen) atoms. The van der Waals surface area contributed by atoms with E-state index in [1.807, 2.05) is 18.2 Å². The van der Waals surface area contributed by atoms with E-state index < -0.39 is 6.09 Å². The number of carbonyl (C=O) groups excluding carboxylic acids is 1. The largest absolute Gasteiger partial charge is 0.410 e. The number of fused-ring (bicyclic) bond motifs is 1. The normalized spacial score (nSPS) is 10.9. The van der Waals surface area contributed by atoms with Crippen molar-refractivity contribution in [3.05, 3.63) is 48.0 Å². The number of amides is 1. The molecule has 0 aliphatic carbocycles. The molecule has 0 unspecified atom stereocenters. The molecule has 4 N–H and O–H groups in total. The number of imidazole rings is 1. The van der Waals surface area contributed by atoms with E-state index in [-0.39, 0.29) is 0 Å². The van der Waals surface area contributed by atoms with Crippen molar-refractivity contribution < 1.29 is 9.53 Å². The molecule has 1 heterocycles. The second-order valence-corrected chi connectivity index (χ2v) is 5.46. The number of aromatic amines is 1. The zero-order valence-corrected chi connectivity index (χ0v) is 13.5. The maximum absolute atomic E-state index is 11.0. The molecule has 0 fully saturated rings. The zero-order valence-electron chi connectivity index (χ0n) is 13.5. The van der Waals surface area contributed by atoms with Crippen LogP contribution in [0, 0.1) is 0 Å². The van der Waals surface area contributed by atoms with Crippen molar-refractivity contribution in [2.24, 2.45) is 5.73 Å². The van der Waals surface area contributed by atoms with Crippen LogP contribution in [0.15, 0.2) is 42.5 Å². The Hall–Kier alpha value is -2.86. The van der Waals surface area contributed by atoms with Crippen molar-refractivity contribution in [2.45, 2.75) is 13.3 Å². The first-order valence-electron chi connectivity index (χ1n) is 7.93. The molecular weight excluding hydrogens is 304 g/mol.